The van der Waals surface area contributed by atoms with Gasteiger partial charge in [0.15, 0.2) is 0 Å². The highest BCUT2D eigenvalue weighted by atomic mass is 16.2. The summed E-state index contributed by atoms with van der Waals surface area (Å²) in [5, 5.41) is 0. The average Bonchev–Trinajstić information content (AvgIpc) is 2.48. The predicted molar refractivity (Wildman–Crippen MR) is 81.7 cm³/mol. The van der Waals surface area contributed by atoms with E-state index in [-0.39, 0.29) is 11.8 Å². The van der Waals surface area contributed by atoms with Crippen molar-refractivity contribution in [1.82, 2.24) is 14.7 Å². The summed E-state index contributed by atoms with van der Waals surface area (Å²) in [6, 6.07) is 0.416. The second kappa shape index (κ2) is 7.75. The van der Waals surface area contributed by atoms with Crippen molar-refractivity contribution < 1.29 is 9.59 Å². The van der Waals surface area contributed by atoms with Crippen molar-refractivity contribution in [3.8, 4) is 0 Å². The van der Waals surface area contributed by atoms with Crippen LogP contribution in [0.2, 0.25) is 0 Å². The van der Waals surface area contributed by atoms with Crippen molar-refractivity contribution in [2.24, 2.45) is 5.73 Å². The fourth-order valence-corrected chi connectivity index (χ4v) is 3.22. The largest absolute Gasteiger partial charge is 0.370 e. The highest BCUT2D eigenvalue weighted by Crippen LogP contribution is 2.19. The zero-order valence-corrected chi connectivity index (χ0v) is 13.1. The molecule has 2 rings (SSSR count). The van der Waals surface area contributed by atoms with E-state index >= 15 is 0 Å². The number of nitrogens with zero attached hydrogens (tertiary/aromatic N) is 3. The molecule has 6 heteroatoms. The number of rotatable bonds is 5. The van der Waals surface area contributed by atoms with Crippen LogP contribution in [0.15, 0.2) is 0 Å². The monoisotopic (exact) mass is 296 g/mol. The summed E-state index contributed by atoms with van der Waals surface area (Å²) in [6.45, 7) is 5.06. The van der Waals surface area contributed by atoms with Crippen LogP contribution in [0.5, 0.6) is 0 Å². The molecule has 2 N–H and O–H groups in total. The summed E-state index contributed by atoms with van der Waals surface area (Å²) in [6.07, 6.45) is 4.68. The van der Waals surface area contributed by atoms with Crippen LogP contribution >= 0.6 is 0 Å². The van der Waals surface area contributed by atoms with Gasteiger partial charge in [0, 0.05) is 51.6 Å². The summed E-state index contributed by atoms with van der Waals surface area (Å²) in [7, 11) is 2.12. The topological polar surface area (TPSA) is 69.9 Å². The number of hydrogen-bond acceptors (Lipinski definition) is 4. The van der Waals surface area contributed by atoms with Gasteiger partial charge in [-0.25, -0.2) is 0 Å². The van der Waals surface area contributed by atoms with E-state index in [2.05, 4.69) is 16.8 Å². The molecule has 0 aliphatic carbocycles. The van der Waals surface area contributed by atoms with Crippen LogP contribution in [0, 0.1) is 0 Å². The molecule has 2 fully saturated rings. The molecule has 2 aliphatic heterocycles. The van der Waals surface area contributed by atoms with Crippen molar-refractivity contribution in [2.75, 3.05) is 46.3 Å². The maximum atomic E-state index is 12.4. The smallest absolute Gasteiger partial charge is 0.224 e. The van der Waals surface area contributed by atoms with Gasteiger partial charge < -0.3 is 15.5 Å². The SMILES string of the molecule is CN1CCCCC1CC(=O)N1CCN(CCC(N)=O)CC1. The molecule has 0 bridgehead atoms. The Morgan fingerprint density at radius 3 is 2.43 bits per heavy atom. The van der Waals surface area contributed by atoms with E-state index in [4.69, 9.17) is 5.73 Å². The molecule has 6 nitrogen and oxygen atoms in total. The Bertz CT molecular complexity index is 367. The van der Waals surface area contributed by atoms with Crippen LogP contribution in [-0.2, 0) is 9.59 Å². The minimum absolute atomic E-state index is 0.256. The lowest BCUT2D eigenvalue weighted by Crippen LogP contribution is -2.50. The third-order valence-electron chi connectivity index (χ3n) is 4.73. The molecular weight excluding hydrogens is 268 g/mol. The Labute approximate surface area is 127 Å². The number of amides is 2. The van der Waals surface area contributed by atoms with Crippen LogP contribution in [-0.4, -0.2) is 78.9 Å². The quantitative estimate of drug-likeness (QED) is 0.768. The third-order valence-corrected chi connectivity index (χ3v) is 4.73. The van der Waals surface area contributed by atoms with Crippen molar-refractivity contribution in [1.29, 1.82) is 0 Å². The average molecular weight is 296 g/mol. The summed E-state index contributed by atoms with van der Waals surface area (Å²) in [5.41, 5.74) is 5.17. The first-order valence-corrected chi connectivity index (χ1v) is 8.05. The van der Waals surface area contributed by atoms with E-state index in [9.17, 15) is 9.59 Å². The Morgan fingerprint density at radius 2 is 1.81 bits per heavy atom. The number of nitrogens with two attached hydrogens (primary N) is 1. The lowest BCUT2D eigenvalue weighted by molar-refractivity contribution is -0.134. The number of primary amides is 1. The van der Waals surface area contributed by atoms with Gasteiger partial charge in [-0.05, 0) is 26.4 Å². The van der Waals surface area contributed by atoms with Gasteiger partial charge >= 0.3 is 0 Å². The second-order valence-corrected chi connectivity index (χ2v) is 6.27. The molecule has 2 heterocycles. The summed E-state index contributed by atoms with van der Waals surface area (Å²) in [4.78, 5) is 29.7. The number of piperazine rings is 1. The molecule has 0 aromatic rings. The van der Waals surface area contributed by atoms with E-state index in [1.54, 1.807) is 0 Å². The van der Waals surface area contributed by atoms with Gasteiger partial charge in [0.2, 0.25) is 11.8 Å². The Kier molecular flexibility index (Phi) is 5.99. The van der Waals surface area contributed by atoms with Crippen molar-refractivity contribution >= 4 is 11.8 Å². The third kappa shape index (κ3) is 4.97. The molecule has 0 aromatic heterocycles. The molecule has 21 heavy (non-hydrogen) atoms. The molecule has 0 saturated carbocycles. The van der Waals surface area contributed by atoms with Crippen LogP contribution in [0.1, 0.15) is 32.1 Å². The first-order chi connectivity index (χ1) is 10.1. The predicted octanol–water partition coefficient (Wildman–Crippen LogP) is -0.120. The van der Waals surface area contributed by atoms with Gasteiger partial charge in [-0.2, -0.15) is 0 Å². The molecule has 1 atom stereocenters. The molecule has 2 aliphatic rings. The number of carbonyl (C=O) groups excluding carboxylic acids is 2. The highest BCUT2D eigenvalue weighted by molar-refractivity contribution is 5.77. The Hall–Kier alpha value is -1.14. The van der Waals surface area contributed by atoms with E-state index in [0.29, 0.717) is 25.4 Å². The van der Waals surface area contributed by atoms with E-state index in [0.717, 1.165) is 39.1 Å². The maximum Gasteiger partial charge on any atom is 0.224 e. The van der Waals surface area contributed by atoms with Gasteiger partial charge in [-0.1, -0.05) is 6.42 Å². The molecule has 0 radical (unpaired) electrons. The fraction of sp³-hybridized carbons (Fsp3) is 0.867. The number of piperidine rings is 1. The maximum absolute atomic E-state index is 12.4. The van der Waals surface area contributed by atoms with Gasteiger partial charge in [0.05, 0.1) is 0 Å². The highest BCUT2D eigenvalue weighted by Gasteiger charge is 2.26. The normalized spacial score (nSPS) is 25.0. The summed E-state index contributed by atoms with van der Waals surface area (Å²) < 4.78 is 0. The van der Waals surface area contributed by atoms with Gasteiger partial charge in [-0.15, -0.1) is 0 Å². The van der Waals surface area contributed by atoms with Gasteiger partial charge in [0.1, 0.15) is 0 Å². The Morgan fingerprint density at radius 1 is 1.10 bits per heavy atom. The zero-order chi connectivity index (χ0) is 15.2. The Balaban J connectivity index is 1.71. The lowest BCUT2D eigenvalue weighted by Gasteiger charge is -2.37. The summed E-state index contributed by atoms with van der Waals surface area (Å²) in [5.74, 6) is 0.0251. The molecule has 1 unspecified atom stereocenters. The van der Waals surface area contributed by atoms with Crippen LogP contribution < -0.4 is 5.73 Å². The van der Waals surface area contributed by atoms with E-state index < -0.39 is 0 Å². The van der Waals surface area contributed by atoms with E-state index in [1.165, 1.54) is 12.8 Å². The minimum atomic E-state index is -0.256. The number of hydrogen-bond donors (Lipinski definition) is 1. The first kappa shape index (κ1) is 16.2. The second-order valence-electron chi connectivity index (χ2n) is 6.27. The van der Waals surface area contributed by atoms with Crippen molar-refractivity contribution in [3.05, 3.63) is 0 Å². The van der Waals surface area contributed by atoms with Gasteiger partial charge in [0.25, 0.3) is 0 Å². The van der Waals surface area contributed by atoms with E-state index in [1.807, 2.05) is 4.90 Å². The fourth-order valence-electron chi connectivity index (χ4n) is 3.22. The van der Waals surface area contributed by atoms with Crippen LogP contribution in [0.4, 0.5) is 0 Å². The zero-order valence-electron chi connectivity index (χ0n) is 13.1. The molecule has 0 aromatic carbocycles. The number of likely N-dealkylation sites (tertiary alicyclic amines) is 1. The number of carbonyl (C=O) groups is 2. The first-order valence-electron chi connectivity index (χ1n) is 8.05. The van der Waals surface area contributed by atoms with Crippen LogP contribution in [0.3, 0.4) is 0 Å². The molecule has 2 saturated heterocycles. The van der Waals surface area contributed by atoms with Crippen LogP contribution in [0.25, 0.3) is 0 Å². The van der Waals surface area contributed by atoms with Crippen molar-refractivity contribution in [3.63, 3.8) is 0 Å². The molecular formula is C15H28N4O2. The lowest BCUT2D eigenvalue weighted by atomic mass is 9.99. The van der Waals surface area contributed by atoms with Crippen molar-refractivity contribution in [2.45, 2.75) is 38.1 Å². The standard InChI is InChI=1S/C15H28N4O2/c1-17-6-3-2-4-13(17)12-15(21)19-10-8-18(9-11-19)7-5-14(16)20/h13H,2-12H2,1H3,(H2,16,20). The van der Waals surface area contributed by atoms with Gasteiger partial charge in [-0.3, -0.25) is 14.5 Å². The minimum Gasteiger partial charge on any atom is -0.370 e. The molecule has 120 valence electrons. The molecule has 2 amide bonds. The summed E-state index contributed by atoms with van der Waals surface area (Å²) >= 11 is 0. The molecule has 0 spiro atoms.